The molecule has 0 amide bonds. The highest BCUT2D eigenvalue weighted by Crippen LogP contribution is 2.35. The molecule has 1 saturated carbocycles. The standard InChI is InChI=1S/C10H20N2O2S2/c1-16(13,14)10-7-15-5-4-12(10)9-3-2-8(9)6-11/h8-10H,2-7,11H2,1H3. The minimum absolute atomic E-state index is 0.286. The second-order valence-electron chi connectivity index (χ2n) is 4.74. The van der Waals surface area contributed by atoms with Gasteiger partial charge in [-0.25, -0.2) is 8.42 Å². The van der Waals surface area contributed by atoms with E-state index in [1.807, 2.05) is 0 Å². The van der Waals surface area contributed by atoms with E-state index in [1.54, 1.807) is 11.8 Å². The lowest BCUT2D eigenvalue weighted by Gasteiger charge is -2.48. The normalized spacial score (nSPS) is 37.0. The van der Waals surface area contributed by atoms with E-state index in [0.29, 0.717) is 24.3 Å². The molecule has 0 aromatic carbocycles. The summed E-state index contributed by atoms with van der Waals surface area (Å²) in [5, 5.41) is -0.286. The summed E-state index contributed by atoms with van der Waals surface area (Å²) >= 11 is 1.74. The zero-order valence-electron chi connectivity index (χ0n) is 9.63. The van der Waals surface area contributed by atoms with Crippen molar-refractivity contribution in [2.24, 2.45) is 11.7 Å². The Balaban J connectivity index is 2.11. The third kappa shape index (κ3) is 2.39. The van der Waals surface area contributed by atoms with Crippen molar-refractivity contribution >= 4 is 21.6 Å². The number of nitrogens with zero attached hydrogens (tertiary/aromatic N) is 1. The van der Waals surface area contributed by atoms with E-state index in [9.17, 15) is 8.42 Å². The first-order valence-electron chi connectivity index (χ1n) is 5.76. The molecule has 0 spiro atoms. The molecule has 16 heavy (non-hydrogen) atoms. The molecule has 0 aromatic heterocycles. The lowest BCUT2D eigenvalue weighted by atomic mass is 9.78. The number of thioether (sulfide) groups is 1. The van der Waals surface area contributed by atoms with Crippen LogP contribution in [0.15, 0.2) is 0 Å². The zero-order valence-corrected chi connectivity index (χ0v) is 11.3. The number of sulfone groups is 1. The van der Waals surface area contributed by atoms with Gasteiger partial charge in [0.2, 0.25) is 0 Å². The van der Waals surface area contributed by atoms with Gasteiger partial charge in [-0.1, -0.05) is 0 Å². The quantitative estimate of drug-likeness (QED) is 0.786. The largest absolute Gasteiger partial charge is 0.330 e. The lowest BCUT2D eigenvalue weighted by Crippen LogP contribution is -2.58. The van der Waals surface area contributed by atoms with Crippen molar-refractivity contribution in [2.75, 3.05) is 30.9 Å². The van der Waals surface area contributed by atoms with E-state index in [4.69, 9.17) is 5.73 Å². The molecule has 4 nitrogen and oxygen atoms in total. The predicted molar refractivity (Wildman–Crippen MR) is 68.2 cm³/mol. The van der Waals surface area contributed by atoms with Gasteiger partial charge in [0, 0.05) is 30.3 Å². The first-order chi connectivity index (χ1) is 7.54. The average molecular weight is 264 g/mol. The summed E-state index contributed by atoms with van der Waals surface area (Å²) in [4.78, 5) is 2.19. The fourth-order valence-corrected chi connectivity index (χ4v) is 5.54. The Morgan fingerprint density at radius 1 is 1.44 bits per heavy atom. The molecule has 1 heterocycles. The van der Waals surface area contributed by atoms with Crippen LogP contribution in [0, 0.1) is 5.92 Å². The second kappa shape index (κ2) is 4.84. The van der Waals surface area contributed by atoms with E-state index >= 15 is 0 Å². The Kier molecular flexibility index (Phi) is 3.83. The van der Waals surface area contributed by atoms with Gasteiger partial charge in [-0.3, -0.25) is 4.90 Å². The summed E-state index contributed by atoms with van der Waals surface area (Å²) < 4.78 is 23.5. The summed E-state index contributed by atoms with van der Waals surface area (Å²) in [6.07, 6.45) is 3.62. The summed E-state index contributed by atoms with van der Waals surface area (Å²) in [5.74, 6) is 2.26. The SMILES string of the molecule is CS(=O)(=O)C1CSCCN1C1CCC1CN. The average Bonchev–Trinajstić information content (AvgIpc) is 2.16. The molecule has 6 heteroatoms. The van der Waals surface area contributed by atoms with Crippen LogP contribution in [0.1, 0.15) is 12.8 Å². The Morgan fingerprint density at radius 2 is 2.19 bits per heavy atom. The first kappa shape index (κ1) is 12.7. The van der Waals surface area contributed by atoms with Crippen LogP contribution in [0.2, 0.25) is 0 Å². The van der Waals surface area contributed by atoms with Crippen LogP contribution in [0.4, 0.5) is 0 Å². The molecular formula is C10H20N2O2S2. The van der Waals surface area contributed by atoms with Crippen LogP contribution >= 0.6 is 11.8 Å². The topological polar surface area (TPSA) is 63.4 Å². The molecule has 2 N–H and O–H groups in total. The van der Waals surface area contributed by atoms with Gasteiger partial charge in [-0.2, -0.15) is 11.8 Å². The number of hydrogen-bond donors (Lipinski definition) is 1. The van der Waals surface area contributed by atoms with Crippen molar-refractivity contribution in [1.82, 2.24) is 4.90 Å². The number of nitrogens with two attached hydrogens (primary N) is 1. The molecule has 2 rings (SSSR count). The molecule has 1 aliphatic heterocycles. The summed E-state index contributed by atoms with van der Waals surface area (Å²) in [5.41, 5.74) is 5.70. The Labute approximate surface area is 102 Å². The summed E-state index contributed by atoms with van der Waals surface area (Å²) in [7, 11) is -2.96. The van der Waals surface area contributed by atoms with E-state index in [2.05, 4.69) is 4.90 Å². The molecule has 3 atom stereocenters. The highest BCUT2D eigenvalue weighted by molar-refractivity contribution is 8.00. The highest BCUT2D eigenvalue weighted by Gasteiger charge is 2.42. The van der Waals surface area contributed by atoms with E-state index in [-0.39, 0.29) is 5.37 Å². The minimum Gasteiger partial charge on any atom is -0.330 e. The Morgan fingerprint density at radius 3 is 2.69 bits per heavy atom. The summed E-state index contributed by atoms with van der Waals surface area (Å²) in [6, 6.07) is 0.408. The predicted octanol–water partition coefficient (Wildman–Crippen LogP) is 0.143. The van der Waals surface area contributed by atoms with Gasteiger partial charge in [0.1, 0.15) is 5.37 Å². The highest BCUT2D eigenvalue weighted by atomic mass is 32.2. The van der Waals surface area contributed by atoms with Gasteiger partial charge in [0.15, 0.2) is 9.84 Å². The molecule has 3 unspecified atom stereocenters. The van der Waals surface area contributed by atoms with Gasteiger partial charge < -0.3 is 5.73 Å². The molecule has 94 valence electrons. The van der Waals surface area contributed by atoms with Gasteiger partial charge in [0.25, 0.3) is 0 Å². The molecule has 0 bridgehead atoms. The second-order valence-corrected chi connectivity index (χ2v) is 8.09. The van der Waals surface area contributed by atoms with Gasteiger partial charge in [-0.05, 0) is 25.3 Å². The fraction of sp³-hybridized carbons (Fsp3) is 1.00. The third-order valence-electron chi connectivity index (χ3n) is 3.72. The van der Waals surface area contributed by atoms with Crippen molar-refractivity contribution in [3.63, 3.8) is 0 Å². The fourth-order valence-electron chi connectivity index (χ4n) is 2.61. The van der Waals surface area contributed by atoms with Crippen LogP contribution in [-0.2, 0) is 9.84 Å². The number of rotatable bonds is 3. The van der Waals surface area contributed by atoms with Crippen LogP contribution in [0.3, 0.4) is 0 Å². The van der Waals surface area contributed by atoms with Crippen molar-refractivity contribution < 1.29 is 8.42 Å². The smallest absolute Gasteiger partial charge is 0.164 e. The third-order valence-corrected chi connectivity index (χ3v) is 6.38. The van der Waals surface area contributed by atoms with Crippen molar-refractivity contribution in [3.8, 4) is 0 Å². The maximum absolute atomic E-state index is 11.7. The van der Waals surface area contributed by atoms with Gasteiger partial charge in [-0.15, -0.1) is 0 Å². The van der Waals surface area contributed by atoms with Crippen molar-refractivity contribution in [3.05, 3.63) is 0 Å². The van der Waals surface area contributed by atoms with Crippen LogP contribution in [0.25, 0.3) is 0 Å². The molecule has 1 aliphatic carbocycles. The number of hydrogen-bond acceptors (Lipinski definition) is 5. The minimum atomic E-state index is -2.96. The maximum atomic E-state index is 11.7. The molecule has 0 aromatic rings. The van der Waals surface area contributed by atoms with Crippen molar-refractivity contribution in [2.45, 2.75) is 24.3 Å². The van der Waals surface area contributed by atoms with E-state index in [0.717, 1.165) is 25.1 Å². The molecule has 0 radical (unpaired) electrons. The Hall–Kier alpha value is 0.220. The van der Waals surface area contributed by atoms with Crippen LogP contribution in [-0.4, -0.2) is 55.6 Å². The molecular weight excluding hydrogens is 244 g/mol. The summed E-state index contributed by atoms with van der Waals surface area (Å²) in [6.45, 7) is 1.58. The monoisotopic (exact) mass is 264 g/mol. The molecule has 2 fully saturated rings. The molecule has 2 aliphatic rings. The Bertz CT molecular complexity index is 343. The van der Waals surface area contributed by atoms with E-state index < -0.39 is 9.84 Å². The van der Waals surface area contributed by atoms with Crippen LogP contribution < -0.4 is 5.73 Å². The van der Waals surface area contributed by atoms with Crippen molar-refractivity contribution in [1.29, 1.82) is 0 Å². The first-order valence-corrected chi connectivity index (χ1v) is 8.87. The van der Waals surface area contributed by atoms with E-state index in [1.165, 1.54) is 6.26 Å². The lowest BCUT2D eigenvalue weighted by molar-refractivity contribution is 0.0634. The van der Waals surface area contributed by atoms with Gasteiger partial charge in [0.05, 0.1) is 0 Å². The maximum Gasteiger partial charge on any atom is 0.164 e. The zero-order chi connectivity index (χ0) is 11.8. The molecule has 1 saturated heterocycles. The van der Waals surface area contributed by atoms with Crippen LogP contribution in [0.5, 0.6) is 0 Å². The van der Waals surface area contributed by atoms with Gasteiger partial charge >= 0.3 is 0 Å².